The standard InChI is InChI=1S/C34H48N6OS/c1-10-21(3)23(5)24(6)27(11-2)18-28(30-13-12-16-37-25(30)7)20-40-34(41)32-31(19-38-40)33(26(8)39(32)9)42-22(4)17-29(36)14-15-35/h12-16,18-19,21,23-24,27,35H,4,10-11,17,20,36H2,1-3,5-9H3/b28-18-,29-14?,35-15?. The molecule has 3 aromatic rings. The first-order valence-corrected chi connectivity index (χ1v) is 15.7. The summed E-state index contributed by atoms with van der Waals surface area (Å²) in [5.74, 6) is 2.08. The minimum absolute atomic E-state index is 0.125. The van der Waals surface area contributed by atoms with E-state index in [1.165, 1.54) is 18.0 Å². The van der Waals surface area contributed by atoms with Crippen LogP contribution in [0.3, 0.4) is 0 Å². The van der Waals surface area contributed by atoms with Crippen LogP contribution >= 0.6 is 11.8 Å². The van der Waals surface area contributed by atoms with Crippen molar-refractivity contribution >= 4 is 34.5 Å². The van der Waals surface area contributed by atoms with Gasteiger partial charge in [0.15, 0.2) is 0 Å². The first-order valence-electron chi connectivity index (χ1n) is 14.9. The van der Waals surface area contributed by atoms with Crippen LogP contribution in [0.4, 0.5) is 0 Å². The summed E-state index contributed by atoms with van der Waals surface area (Å²) in [6.07, 6.45) is 11.4. The predicted molar refractivity (Wildman–Crippen MR) is 179 cm³/mol. The second kappa shape index (κ2) is 14.7. The Hall–Kier alpha value is -3.39. The highest BCUT2D eigenvalue weighted by atomic mass is 32.2. The molecule has 0 aromatic carbocycles. The zero-order valence-corrected chi connectivity index (χ0v) is 27.4. The van der Waals surface area contributed by atoms with Crippen molar-refractivity contribution in [3.05, 3.63) is 81.2 Å². The van der Waals surface area contributed by atoms with Crippen LogP contribution in [0.1, 0.15) is 70.8 Å². The van der Waals surface area contributed by atoms with Crippen LogP contribution in [0.25, 0.3) is 16.5 Å². The summed E-state index contributed by atoms with van der Waals surface area (Å²) in [5, 5.41) is 12.7. The summed E-state index contributed by atoms with van der Waals surface area (Å²) in [4.78, 5) is 20.4. The van der Waals surface area contributed by atoms with Gasteiger partial charge in [-0.05, 0) is 66.6 Å². The highest BCUT2D eigenvalue weighted by Gasteiger charge is 2.25. The van der Waals surface area contributed by atoms with Crippen molar-refractivity contribution in [1.29, 1.82) is 5.41 Å². The lowest BCUT2D eigenvalue weighted by atomic mass is 9.75. The minimum Gasteiger partial charge on any atom is -0.402 e. The highest BCUT2D eigenvalue weighted by molar-refractivity contribution is 8.03. The van der Waals surface area contributed by atoms with Crippen LogP contribution in [-0.2, 0) is 13.6 Å². The number of thioether (sulfide) groups is 1. The normalized spacial score (nSPS) is 15.4. The number of rotatable bonds is 14. The average Bonchev–Trinajstić information content (AvgIpc) is 3.20. The molecule has 42 heavy (non-hydrogen) atoms. The molecule has 3 aromatic heterocycles. The van der Waals surface area contributed by atoms with Gasteiger partial charge in [-0.25, -0.2) is 4.68 Å². The van der Waals surface area contributed by atoms with Crippen LogP contribution in [0.15, 0.2) is 63.5 Å². The SMILES string of the molecule is C=C(CC(N)=CC=N)Sc1c(C)n(C)c2c(=O)n(C/C(=C/C(CC)C(C)C(C)C(C)CC)c3cccnc3C)ncc12. The predicted octanol–water partition coefficient (Wildman–Crippen LogP) is 7.66. The van der Waals surface area contributed by atoms with E-state index in [1.807, 2.05) is 37.7 Å². The number of pyridine rings is 1. The zero-order valence-electron chi connectivity index (χ0n) is 26.6. The van der Waals surface area contributed by atoms with Gasteiger partial charge in [0.1, 0.15) is 5.52 Å². The smallest absolute Gasteiger partial charge is 0.291 e. The number of nitrogens with zero attached hydrogens (tertiary/aromatic N) is 4. The van der Waals surface area contributed by atoms with Gasteiger partial charge in [-0.3, -0.25) is 9.78 Å². The summed E-state index contributed by atoms with van der Waals surface area (Å²) in [6.45, 7) is 20.1. The number of nitrogens with two attached hydrogens (primary N) is 1. The Morgan fingerprint density at radius 2 is 1.90 bits per heavy atom. The van der Waals surface area contributed by atoms with Gasteiger partial charge in [0.2, 0.25) is 0 Å². The third-order valence-corrected chi connectivity index (χ3v) is 10.1. The van der Waals surface area contributed by atoms with Gasteiger partial charge < -0.3 is 15.7 Å². The lowest BCUT2D eigenvalue weighted by molar-refractivity contribution is 0.221. The van der Waals surface area contributed by atoms with Crippen LogP contribution in [0, 0.1) is 42.9 Å². The van der Waals surface area contributed by atoms with Crippen molar-refractivity contribution in [3.63, 3.8) is 0 Å². The van der Waals surface area contributed by atoms with Crippen LogP contribution in [-0.4, -0.2) is 25.5 Å². The molecular formula is C34H48N6OS. The molecule has 4 atom stereocenters. The van der Waals surface area contributed by atoms with E-state index < -0.39 is 0 Å². The Labute approximate surface area is 255 Å². The van der Waals surface area contributed by atoms with E-state index in [0.717, 1.165) is 50.6 Å². The van der Waals surface area contributed by atoms with Gasteiger partial charge in [0.25, 0.3) is 5.56 Å². The summed E-state index contributed by atoms with van der Waals surface area (Å²) in [5.41, 5.74) is 11.1. The van der Waals surface area contributed by atoms with Gasteiger partial charge >= 0.3 is 0 Å². The van der Waals surface area contributed by atoms with E-state index >= 15 is 0 Å². The van der Waals surface area contributed by atoms with E-state index in [1.54, 1.807) is 17.0 Å². The molecule has 0 aliphatic heterocycles. The first kappa shape index (κ1) is 33.1. The molecule has 3 N–H and O–H groups in total. The zero-order chi connectivity index (χ0) is 31.1. The molecule has 0 radical (unpaired) electrons. The molecule has 0 spiro atoms. The van der Waals surface area contributed by atoms with E-state index in [-0.39, 0.29) is 5.56 Å². The second-order valence-electron chi connectivity index (χ2n) is 11.6. The van der Waals surface area contributed by atoms with E-state index in [4.69, 9.17) is 11.1 Å². The van der Waals surface area contributed by atoms with Gasteiger partial charge in [-0.2, -0.15) is 5.10 Å². The molecule has 8 heteroatoms. The summed E-state index contributed by atoms with van der Waals surface area (Å²) < 4.78 is 3.54. The molecule has 0 saturated heterocycles. The van der Waals surface area contributed by atoms with E-state index in [2.05, 4.69) is 63.4 Å². The van der Waals surface area contributed by atoms with Crippen molar-refractivity contribution in [2.24, 2.45) is 36.5 Å². The van der Waals surface area contributed by atoms with E-state index in [0.29, 0.717) is 47.9 Å². The van der Waals surface area contributed by atoms with Crippen molar-refractivity contribution in [2.45, 2.75) is 79.2 Å². The molecule has 0 fully saturated rings. The Morgan fingerprint density at radius 1 is 1.19 bits per heavy atom. The molecule has 7 nitrogen and oxygen atoms in total. The molecule has 4 unspecified atom stereocenters. The number of hydrogen-bond acceptors (Lipinski definition) is 6. The van der Waals surface area contributed by atoms with Crippen molar-refractivity contribution < 1.29 is 0 Å². The van der Waals surface area contributed by atoms with Gasteiger partial charge in [0.05, 0.1) is 12.7 Å². The van der Waals surface area contributed by atoms with Crippen LogP contribution < -0.4 is 11.3 Å². The fraction of sp³-hybridized carbons (Fsp3) is 0.471. The Bertz CT molecular complexity index is 1550. The fourth-order valence-electron chi connectivity index (χ4n) is 5.69. The monoisotopic (exact) mass is 588 g/mol. The lowest BCUT2D eigenvalue weighted by Crippen LogP contribution is -2.26. The third kappa shape index (κ3) is 7.33. The van der Waals surface area contributed by atoms with Crippen molar-refractivity contribution in [3.8, 4) is 0 Å². The maximum absolute atomic E-state index is 14.0. The Morgan fingerprint density at radius 3 is 2.52 bits per heavy atom. The molecule has 0 aliphatic rings. The maximum atomic E-state index is 14.0. The van der Waals surface area contributed by atoms with Gasteiger partial charge in [-0.1, -0.05) is 71.5 Å². The van der Waals surface area contributed by atoms with Crippen LogP contribution in [0.2, 0.25) is 0 Å². The minimum atomic E-state index is -0.125. The highest BCUT2D eigenvalue weighted by Crippen LogP contribution is 2.38. The third-order valence-electron chi connectivity index (χ3n) is 8.98. The summed E-state index contributed by atoms with van der Waals surface area (Å²) >= 11 is 1.50. The second-order valence-corrected chi connectivity index (χ2v) is 12.8. The molecule has 0 bridgehead atoms. The largest absolute Gasteiger partial charge is 0.402 e. The Balaban J connectivity index is 2.08. The number of fused-ring (bicyclic) bond motifs is 1. The molecule has 226 valence electrons. The number of aromatic nitrogens is 4. The lowest BCUT2D eigenvalue weighted by Gasteiger charge is -2.31. The summed E-state index contributed by atoms with van der Waals surface area (Å²) in [6, 6.07) is 4.06. The molecule has 3 rings (SSSR count). The molecule has 0 saturated carbocycles. The molecule has 0 amide bonds. The van der Waals surface area contributed by atoms with Gasteiger partial charge in [-0.15, -0.1) is 0 Å². The number of hydrogen-bond donors (Lipinski definition) is 2. The van der Waals surface area contributed by atoms with Gasteiger partial charge in [0, 0.05) is 58.8 Å². The number of aryl methyl sites for hydroxylation is 2. The molecule has 3 heterocycles. The molecular weight excluding hydrogens is 540 g/mol. The van der Waals surface area contributed by atoms with Crippen molar-refractivity contribution in [1.82, 2.24) is 19.3 Å². The average molecular weight is 589 g/mol. The van der Waals surface area contributed by atoms with Crippen molar-refractivity contribution in [2.75, 3.05) is 0 Å². The number of allylic oxidation sites excluding steroid dienone is 4. The fourth-order valence-corrected chi connectivity index (χ4v) is 6.76. The van der Waals surface area contributed by atoms with Crippen LogP contribution in [0.5, 0.6) is 0 Å². The quantitative estimate of drug-likeness (QED) is 0.149. The summed E-state index contributed by atoms with van der Waals surface area (Å²) in [7, 11) is 1.92. The van der Waals surface area contributed by atoms with E-state index in [9.17, 15) is 4.79 Å². The topological polar surface area (TPSA) is 103 Å². The molecule has 0 aliphatic carbocycles. The maximum Gasteiger partial charge on any atom is 0.291 e. The Kier molecular flexibility index (Phi) is 11.6. The number of nitrogens with one attached hydrogen (secondary N) is 1. The first-order chi connectivity index (χ1) is 19.9.